The van der Waals surface area contributed by atoms with Gasteiger partial charge in [0, 0.05) is 9.85 Å². The minimum atomic E-state index is -3.78. The highest BCUT2D eigenvalue weighted by molar-refractivity contribution is 9.10. The van der Waals surface area contributed by atoms with Crippen LogP contribution in [-0.4, -0.2) is 19.5 Å². The SMILES string of the molecule is O=C(O)c1cc(S(=O)(=O)Nc2ccsc2)ccc1Br. The molecule has 2 N–H and O–H groups in total. The van der Waals surface area contributed by atoms with Gasteiger partial charge in [-0.3, -0.25) is 4.72 Å². The van der Waals surface area contributed by atoms with E-state index in [4.69, 9.17) is 5.11 Å². The van der Waals surface area contributed by atoms with E-state index in [-0.39, 0.29) is 10.5 Å². The fourth-order valence-electron chi connectivity index (χ4n) is 1.37. The Balaban J connectivity index is 2.41. The molecule has 0 radical (unpaired) electrons. The van der Waals surface area contributed by atoms with Crippen molar-refractivity contribution in [1.82, 2.24) is 0 Å². The number of hydrogen-bond donors (Lipinski definition) is 2. The molecule has 8 heteroatoms. The maximum Gasteiger partial charge on any atom is 0.336 e. The Hall–Kier alpha value is -1.38. The van der Waals surface area contributed by atoms with Crippen molar-refractivity contribution in [2.75, 3.05) is 4.72 Å². The molecule has 1 aromatic carbocycles. The first-order valence-corrected chi connectivity index (χ1v) is 8.20. The number of carbonyl (C=O) groups is 1. The summed E-state index contributed by atoms with van der Waals surface area (Å²) in [4.78, 5) is 10.9. The Labute approximate surface area is 122 Å². The first-order chi connectivity index (χ1) is 8.90. The number of hydrogen-bond acceptors (Lipinski definition) is 4. The van der Waals surface area contributed by atoms with Gasteiger partial charge in [0.05, 0.1) is 16.1 Å². The molecule has 19 heavy (non-hydrogen) atoms. The molecular weight excluding hydrogens is 354 g/mol. The van der Waals surface area contributed by atoms with Crippen molar-refractivity contribution in [2.24, 2.45) is 0 Å². The zero-order valence-corrected chi connectivity index (χ0v) is 12.5. The van der Waals surface area contributed by atoms with E-state index in [9.17, 15) is 13.2 Å². The lowest BCUT2D eigenvalue weighted by atomic mass is 10.2. The molecule has 0 aliphatic carbocycles. The number of anilines is 1. The molecule has 0 fully saturated rings. The second kappa shape index (κ2) is 5.32. The highest BCUT2D eigenvalue weighted by atomic mass is 79.9. The third-order valence-corrected chi connectivity index (χ3v) is 5.01. The summed E-state index contributed by atoms with van der Waals surface area (Å²) in [5, 5.41) is 12.4. The molecule has 0 amide bonds. The van der Waals surface area contributed by atoms with Crippen molar-refractivity contribution in [1.29, 1.82) is 0 Å². The van der Waals surface area contributed by atoms with Crippen molar-refractivity contribution < 1.29 is 18.3 Å². The van der Waals surface area contributed by atoms with Gasteiger partial charge < -0.3 is 5.11 Å². The fourth-order valence-corrected chi connectivity index (χ4v) is 3.53. The average molecular weight is 362 g/mol. The van der Waals surface area contributed by atoms with Crippen LogP contribution in [0.25, 0.3) is 0 Å². The molecule has 100 valence electrons. The topological polar surface area (TPSA) is 83.5 Å². The molecule has 0 atom stereocenters. The van der Waals surface area contributed by atoms with Crippen LogP contribution in [0.5, 0.6) is 0 Å². The van der Waals surface area contributed by atoms with Gasteiger partial charge in [0.15, 0.2) is 0 Å². The monoisotopic (exact) mass is 361 g/mol. The summed E-state index contributed by atoms with van der Waals surface area (Å²) in [6, 6.07) is 5.47. The molecule has 1 heterocycles. The molecule has 0 aliphatic heterocycles. The number of sulfonamides is 1. The molecule has 0 saturated carbocycles. The summed E-state index contributed by atoms with van der Waals surface area (Å²) in [5.74, 6) is -1.19. The van der Waals surface area contributed by atoms with E-state index >= 15 is 0 Å². The van der Waals surface area contributed by atoms with Crippen molar-refractivity contribution in [3.8, 4) is 0 Å². The highest BCUT2D eigenvalue weighted by Gasteiger charge is 2.18. The van der Waals surface area contributed by atoms with Crippen LogP contribution in [0, 0.1) is 0 Å². The summed E-state index contributed by atoms with van der Waals surface area (Å²) >= 11 is 4.42. The Bertz CT molecular complexity index is 710. The van der Waals surface area contributed by atoms with E-state index in [0.717, 1.165) is 6.07 Å². The Morgan fingerprint density at radius 3 is 2.63 bits per heavy atom. The van der Waals surface area contributed by atoms with Crippen molar-refractivity contribution >= 4 is 48.9 Å². The lowest BCUT2D eigenvalue weighted by Crippen LogP contribution is -2.13. The number of nitrogens with one attached hydrogen (secondary N) is 1. The van der Waals surface area contributed by atoms with Crippen LogP contribution in [0.15, 0.2) is 44.4 Å². The zero-order valence-electron chi connectivity index (χ0n) is 9.33. The van der Waals surface area contributed by atoms with Gasteiger partial charge in [0.1, 0.15) is 0 Å². The Morgan fingerprint density at radius 1 is 1.32 bits per heavy atom. The minimum absolute atomic E-state index is 0.0979. The standard InChI is InChI=1S/C11H8BrNO4S2/c12-10-2-1-8(5-9(10)11(14)15)19(16,17)13-7-3-4-18-6-7/h1-6,13H,(H,14,15). The third-order valence-electron chi connectivity index (χ3n) is 2.25. The molecule has 5 nitrogen and oxygen atoms in total. The fraction of sp³-hybridized carbons (Fsp3) is 0. The van der Waals surface area contributed by atoms with Gasteiger partial charge in [-0.1, -0.05) is 0 Å². The average Bonchev–Trinajstić information content (AvgIpc) is 2.80. The highest BCUT2D eigenvalue weighted by Crippen LogP contribution is 2.23. The Kier molecular flexibility index (Phi) is 3.93. The van der Waals surface area contributed by atoms with Crippen LogP contribution in [-0.2, 0) is 10.0 Å². The first kappa shape index (κ1) is 14.0. The van der Waals surface area contributed by atoms with Gasteiger partial charge in [0.25, 0.3) is 10.0 Å². The van der Waals surface area contributed by atoms with Crippen LogP contribution in [0.4, 0.5) is 5.69 Å². The molecule has 1 aromatic heterocycles. The molecule has 0 spiro atoms. The smallest absolute Gasteiger partial charge is 0.336 e. The minimum Gasteiger partial charge on any atom is -0.478 e. The maximum atomic E-state index is 12.1. The number of rotatable bonds is 4. The van der Waals surface area contributed by atoms with Crippen LogP contribution in [0.3, 0.4) is 0 Å². The van der Waals surface area contributed by atoms with E-state index in [0.29, 0.717) is 10.2 Å². The van der Waals surface area contributed by atoms with Crippen LogP contribution >= 0.6 is 27.3 Å². The van der Waals surface area contributed by atoms with Gasteiger partial charge in [-0.2, -0.15) is 11.3 Å². The number of benzene rings is 1. The van der Waals surface area contributed by atoms with E-state index < -0.39 is 16.0 Å². The number of carboxylic acid groups (broad SMARTS) is 1. The van der Waals surface area contributed by atoms with Crippen molar-refractivity contribution in [3.05, 3.63) is 45.1 Å². The van der Waals surface area contributed by atoms with Gasteiger partial charge >= 0.3 is 5.97 Å². The summed E-state index contributed by atoms with van der Waals surface area (Å²) in [7, 11) is -3.78. The summed E-state index contributed by atoms with van der Waals surface area (Å²) in [5.41, 5.74) is 0.345. The maximum absolute atomic E-state index is 12.1. The molecule has 0 bridgehead atoms. The number of halogens is 1. The summed E-state index contributed by atoms with van der Waals surface area (Å²) in [6.07, 6.45) is 0. The first-order valence-electron chi connectivity index (χ1n) is 4.98. The van der Waals surface area contributed by atoms with E-state index in [1.165, 1.54) is 23.5 Å². The van der Waals surface area contributed by atoms with Crippen LogP contribution in [0.1, 0.15) is 10.4 Å². The third kappa shape index (κ3) is 3.14. The number of thiophene rings is 1. The second-order valence-corrected chi connectivity index (χ2v) is 6.88. The van der Waals surface area contributed by atoms with Crippen molar-refractivity contribution in [2.45, 2.75) is 4.90 Å². The predicted octanol–water partition coefficient (Wildman–Crippen LogP) is 3.01. The quantitative estimate of drug-likeness (QED) is 0.876. The molecule has 0 saturated heterocycles. The normalized spacial score (nSPS) is 11.2. The van der Waals surface area contributed by atoms with Crippen molar-refractivity contribution in [3.63, 3.8) is 0 Å². The molecule has 0 unspecified atom stereocenters. The van der Waals surface area contributed by atoms with Gasteiger partial charge in [-0.05, 0) is 45.6 Å². The largest absolute Gasteiger partial charge is 0.478 e. The second-order valence-electron chi connectivity index (χ2n) is 3.56. The molecular formula is C11H8BrNO4S2. The molecule has 2 aromatic rings. The summed E-state index contributed by atoms with van der Waals surface area (Å²) < 4.78 is 26.8. The number of carboxylic acids is 1. The van der Waals surface area contributed by atoms with Gasteiger partial charge in [0.2, 0.25) is 0 Å². The predicted molar refractivity (Wildman–Crippen MR) is 76.2 cm³/mol. The lowest BCUT2D eigenvalue weighted by molar-refractivity contribution is 0.0695. The molecule has 0 aliphatic rings. The Morgan fingerprint density at radius 2 is 2.05 bits per heavy atom. The lowest BCUT2D eigenvalue weighted by Gasteiger charge is -2.07. The van der Waals surface area contributed by atoms with E-state index in [1.807, 2.05) is 0 Å². The van der Waals surface area contributed by atoms with Gasteiger partial charge in [-0.15, -0.1) is 0 Å². The van der Waals surface area contributed by atoms with Crippen LogP contribution in [0.2, 0.25) is 0 Å². The molecule has 2 rings (SSSR count). The number of aromatic carboxylic acids is 1. The van der Waals surface area contributed by atoms with E-state index in [1.54, 1.807) is 16.8 Å². The zero-order chi connectivity index (χ0) is 14.0. The summed E-state index contributed by atoms with van der Waals surface area (Å²) in [6.45, 7) is 0. The van der Waals surface area contributed by atoms with Crippen LogP contribution < -0.4 is 4.72 Å². The van der Waals surface area contributed by atoms with E-state index in [2.05, 4.69) is 20.7 Å². The van der Waals surface area contributed by atoms with Gasteiger partial charge in [-0.25, -0.2) is 13.2 Å².